The molecule has 110 valence electrons. The normalized spacial score (nSPS) is 17.6. The van der Waals surface area contributed by atoms with Gasteiger partial charge in [0.15, 0.2) is 0 Å². The van der Waals surface area contributed by atoms with Crippen LogP contribution >= 0.6 is 0 Å². The van der Waals surface area contributed by atoms with E-state index < -0.39 is 11.4 Å². The molecule has 0 saturated heterocycles. The van der Waals surface area contributed by atoms with Crippen molar-refractivity contribution in [2.75, 3.05) is 6.54 Å². The number of furan rings is 1. The Hall–Kier alpha value is -1.82. The smallest absolute Gasteiger partial charge is 0.371 e. The van der Waals surface area contributed by atoms with Crippen LogP contribution in [0.4, 0.5) is 0 Å². The number of nitrogens with one attached hydrogen (secondary N) is 1. The standard InChI is InChI=1S/C14H20N2O4/c15-9-14(6-2-1-3-7-14)13(19)16-8-10-4-5-11(20-10)12(17)18/h4-5H,1-3,6-9,15H2,(H,16,19)(H,17,18). The minimum atomic E-state index is -1.12. The Morgan fingerprint density at radius 3 is 2.55 bits per heavy atom. The summed E-state index contributed by atoms with van der Waals surface area (Å²) >= 11 is 0. The number of nitrogens with two attached hydrogens (primary N) is 1. The lowest BCUT2D eigenvalue weighted by molar-refractivity contribution is -0.132. The van der Waals surface area contributed by atoms with Gasteiger partial charge in [0.1, 0.15) is 5.76 Å². The second kappa shape index (κ2) is 6.09. The van der Waals surface area contributed by atoms with Crippen LogP contribution in [0.15, 0.2) is 16.5 Å². The van der Waals surface area contributed by atoms with E-state index in [2.05, 4.69) is 5.32 Å². The monoisotopic (exact) mass is 280 g/mol. The van der Waals surface area contributed by atoms with Crippen LogP contribution < -0.4 is 11.1 Å². The summed E-state index contributed by atoms with van der Waals surface area (Å²) in [5, 5.41) is 11.6. The fraction of sp³-hybridized carbons (Fsp3) is 0.571. The van der Waals surface area contributed by atoms with Crippen molar-refractivity contribution in [1.82, 2.24) is 5.32 Å². The van der Waals surface area contributed by atoms with Gasteiger partial charge in [-0.1, -0.05) is 19.3 Å². The van der Waals surface area contributed by atoms with Crippen LogP contribution in [0, 0.1) is 5.41 Å². The zero-order valence-electron chi connectivity index (χ0n) is 11.4. The maximum Gasteiger partial charge on any atom is 0.371 e. The van der Waals surface area contributed by atoms with Crippen molar-refractivity contribution in [1.29, 1.82) is 0 Å². The van der Waals surface area contributed by atoms with Gasteiger partial charge in [-0.15, -0.1) is 0 Å². The molecule has 6 heteroatoms. The second-order valence-corrected chi connectivity index (χ2v) is 5.30. The third kappa shape index (κ3) is 3.01. The van der Waals surface area contributed by atoms with E-state index >= 15 is 0 Å². The van der Waals surface area contributed by atoms with Crippen molar-refractivity contribution in [2.45, 2.75) is 38.6 Å². The second-order valence-electron chi connectivity index (χ2n) is 5.30. The molecule has 0 unspecified atom stereocenters. The predicted octanol–water partition coefficient (Wildman–Crippen LogP) is 1.50. The summed E-state index contributed by atoms with van der Waals surface area (Å²) < 4.78 is 5.10. The number of carbonyl (C=O) groups excluding carboxylic acids is 1. The highest BCUT2D eigenvalue weighted by molar-refractivity contribution is 5.84. The molecule has 20 heavy (non-hydrogen) atoms. The van der Waals surface area contributed by atoms with Gasteiger partial charge in [0.25, 0.3) is 0 Å². The van der Waals surface area contributed by atoms with Crippen LogP contribution in [0.2, 0.25) is 0 Å². The fourth-order valence-electron chi connectivity index (χ4n) is 2.70. The predicted molar refractivity (Wildman–Crippen MR) is 72.1 cm³/mol. The molecule has 1 heterocycles. The number of carboxylic acids is 1. The highest BCUT2D eigenvalue weighted by Gasteiger charge is 2.37. The zero-order chi connectivity index (χ0) is 14.6. The number of hydrogen-bond acceptors (Lipinski definition) is 4. The van der Waals surface area contributed by atoms with Crippen LogP contribution in [-0.4, -0.2) is 23.5 Å². The molecular formula is C14H20N2O4. The lowest BCUT2D eigenvalue weighted by Gasteiger charge is -2.34. The number of aromatic carboxylic acids is 1. The number of amides is 1. The first kappa shape index (κ1) is 14.6. The molecule has 0 bridgehead atoms. The Labute approximate surface area is 117 Å². The molecule has 0 spiro atoms. The van der Waals surface area contributed by atoms with Crippen LogP contribution in [-0.2, 0) is 11.3 Å². The van der Waals surface area contributed by atoms with E-state index in [0.717, 1.165) is 32.1 Å². The van der Waals surface area contributed by atoms with Crippen molar-refractivity contribution in [3.63, 3.8) is 0 Å². The van der Waals surface area contributed by atoms with Crippen LogP contribution in [0.25, 0.3) is 0 Å². The summed E-state index contributed by atoms with van der Waals surface area (Å²) in [6, 6.07) is 2.93. The maximum absolute atomic E-state index is 12.3. The Morgan fingerprint density at radius 1 is 1.30 bits per heavy atom. The Bertz CT molecular complexity index is 489. The summed E-state index contributed by atoms with van der Waals surface area (Å²) in [5.41, 5.74) is 5.32. The van der Waals surface area contributed by atoms with Gasteiger partial charge in [-0.05, 0) is 25.0 Å². The van der Waals surface area contributed by atoms with Crippen molar-refractivity contribution < 1.29 is 19.1 Å². The van der Waals surface area contributed by atoms with Crippen molar-refractivity contribution >= 4 is 11.9 Å². The van der Waals surface area contributed by atoms with Gasteiger partial charge in [0.2, 0.25) is 11.7 Å². The first-order chi connectivity index (χ1) is 9.57. The molecule has 0 aliphatic heterocycles. The van der Waals surface area contributed by atoms with Gasteiger partial charge in [-0.2, -0.15) is 0 Å². The molecule has 2 rings (SSSR count). The van der Waals surface area contributed by atoms with E-state index in [0.29, 0.717) is 12.3 Å². The number of carboxylic acid groups (broad SMARTS) is 1. The van der Waals surface area contributed by atoms with Gasteiger partial charge in [-0.3, -0.25) is 4.79 Å². The van der Waals surface area contributed by atoms with Gasteiger partial charge in [0.05, 0.1) is 12.0 Å². The van der Waals surface area contributed by atoms with Gasteiger partial charge >= 0.3 is 5.97 Å². The lowest BCUT2D eigenvalue weighted by atomic mass is 9.73. The van der Waals surface area contributed by atoms with Crippen molar-refractivity contribution in [3.05, 3.63) is 23.7 Å². The van der Waals surface area contributed by atoms with E-state index in [1.165, 1.54) is 6.07 Å². The molecule has 4 N–H and O–H groups in total. The molecule has 0 radical (unpaired) electrons. The maximum atomic E-state index is 12.3. The molecule has 1 fully saturated rings. The average molecular weight is 280 g/mol. The van der Waals surface area contributed by atoms with E-state index in [-0.39, 0.29) is 18.2 Å². The van der Waals surface area contributed by atoms with Gasteiger partial charge < -0.3 is 20.6 Å². The largest absolute Gasteiger partial charge is 0.475 e. The summed E-state index contributed by atoms with van der Waals surface area (Å²) in [6.45, 7) is 0.533. The highest BCUT2D eigenvalue weighted by atomic mass is 16.4. The Kier molecular flexibility index (Phi) is 4.44. The molecule has 0 aromatic carbocycles. The van der Waals surface area contributed by atoms with E-state index in [9.17, 15) is 9.59 Å². The molecule has 6 nitrogen and oxygen atoms in total. The SMILES string of the molecule is NCC1(C(=O)NCc2ccc(C(=O)O)o2)CCCCC1. The zero-order valence-corrected chi connectivity index (χ0v) is 11.4. The summed E-state index contributed by atoms with van der Waals surface area (Å²) in [6.07, 6.45) is 4.82. The molecule has 1 aromatic rings. The lowest BCUT2D eigenvalue weighted by Crippen LogP contribution is -2.46. The molecule has 1 amide bonds. The first-order valence-corrected chi connectivity index (χ1v) is 6.88. The molecule has 1 aromatic heterocycles. The molecule has 0 atom stereocenters. The van der Waals surface area contributed by atoms with Crippen LogP contribution in [0.1, 0.15) is 48.4 Å². The Morgan fingerprint density at radius 2 is 2.00 bits per heavy atom. The van der Waals surface area contributed by atoms with Gasteiger partial charge in [0, 0.05) is 6.54 Å². The van der Waals surface area contributed by atoms with Crippen molar-refractivity contribution in [2.24, 2.45) is 11.1 Å². The first-order valence-electron chi connectivity index (χ1n) is 6.88. The van der Waals surface area contributed by atoms with E-state index in [1.807, 2.05) is 0 Å². The van der Waals surface area contributed by atoms with Crippen LogP contribution in [0.5, 0.6) is 0 Å². The van der Waals surface area contributed by atoms with E-state index in [4.69, 9.17) is 15.3 Å². The Balaban J connectivity index is 1.94. The fourth-order valence-corrected chi connectivity index (χ4v) is 2.70. The van der Waals surface area contributed by atoms with Crippen molar-refractivity contribution in [3.8, 4) is 0 Å². The quantitative estimate of drug-likeness (QED) is 0.758. The minimum absolute atomic E-state index is 0.0621. The summed E-state index contributed by atoms with van der Waals surface area (Å²) in [5.74, 6) is -0.875. The third-order valence-electron chi connectivity index (χ3n) is 3.98. The van der Waals surface area contributed by atoms with E-state index in [1.54, 1.807) is 6.07 Å². The molecule has 1 aliphatic carbocycles. The molecule has 1 saturated carbocycles. The summed E-state index contributed by atoms with van der Waals surface area (Å²) in [7, 11) is 0. The van der Waals surface area contributed by atoms with Gasteiger partial charge in [-0.25, -0.2) is 4.79 Å². The average Bonchev–Trinajstić information content (AvgIpc) is 2.94. The minimum Gasteiger partial charge on any atom is -0.475 e. The number of rotatable bonds is 5. The number of hydrogen-bond donors (Lipinski definition) is 3. The molecule has 1 aliphatic rings. The third-order valence-corrected chi connectivity index (χ3v) is 3.98. The highest BCUT2D eigenvalue weighted by Crippen LogP contribution is 2.35. The topological polar surface area (TPSA) is 106 Å². The van der Waals surface area contributed by atoms with Crippen LogP contribution in [0.3, 0.4) is 0 Å². The summed E-state index contributed by atoms with van der Waals surface area (Å²) in [4.78, 5) is 23.0. The molecular weight excluding hydrogens is 260 g/mol. The number of carbonyl (C=O) groups is 2.